The highest BCUT2D eigenvalue weighted by atomic mass is 16.4. The molecule has 5 heteroatoms. The number of hydrogen-bond acceptors (Lipinski definition) is 4. The molecule has 2 aromatic heterocycles. The summed E-state index contributed by atoms with van der Waals surface area (Å²) in [7, 11) is 0. The Morgan fingerprint density at radius 1 is 1.45 bits per heavy atom. The zero-order chi connectivity index (χ0) is 14.8. The van der Waals surface area contributed by atoms with E-state index in [-0.39, 0.29) is 22.2 Å². The summed E-state index contributed by atoms with van der Waals surface area (Å²) in [6, 6.07) is 0. The summed E-state index contributed by atoms with van der Waals surface area (Å²) in [5.41, 5.74) is 0.305. The second kappa shape index (κ2) is 5.33. The van der Waals surface area contributed by atoms with Gasteiger partial charge < -0.3 is 4.42 Å². The molecule has 104 valence electrons. The maximum absolute atomic E-state index is 12.1. The topological polar surface area (TPSA) is 60.9 Å². The van der Waals surface area contributed by atoms with Crippen LogP contribution in [0.15, 0.2) is 27.7 Å². The van der Waals surface area contributed by atoms with Crippen molar-refractivity contribution >= 4 is 11.2 Å². The molecule has 2 aromatic rings. The number of rotatable bonds is 2. The van der Waals surface area contributed by atoms with Crippen LogP contribution in [0, 0.1) is 24.2 Å². The van der Waals surface area contributed by atoms with Crippen LogP contribution in [-0.2, 0) is 6.54 Å². The van der Waals surface area contributed by atoms with Crippen LogP contribution in [0.25, 0.3) is 11.2 Å². The molecule has 0 N–H and O–H groups in total. The first-order valence-corrected chi connectivity index (χ1v) is 6.37. The number of nitrogens with zero attached hydrogens (tertiary/aromatic N) is 3. The molecule has 0 aromatic carbocycles. The monoisotopic (exact) mass is 271 g/mol. The lowest BCUT2D eigenvalue weighted by Crippen LogP contribution is -2.19. The van der Waals surface area contributed by atoms with Gasteiger partial charge in [-0.2, -0.15) is 0 Å². The third-order valence-corrected chi connectivity index (χ3v) is 2.44. The number of aromatic nitrogens is 3. The largest absolute Gasteiger partial charge is 0.422 e. The lowest BCUT2D eigenvalue weighted by molar-refractivity contribution is 0.549. The van der Waals surface area contributed by atoms with Gasteiger partial charge >= 0.3 is 0 Å². The van der Waals surface area contributed by atoms with Crippen molar-refractivity contribution in [3.05, 3.63) is 34.7 Å². The molecule has 5 nitrogen and oxygen atoms in total. The number of allylic oxidation sites excluding steroid dienone is 2. The zero-order valence-corrected chi connectivity index (χ0v) is 12.1. The Balaban J connectivity index is 2.18. The van der Waals surface area contributed by atoms with Gasteiger partial charge in [0.25, 0.3) is 11.3 Å². The highest BCUT2D eigenvalue weighted by Gasteiger charge is 2.09. The average Bonchev–Trinajstić information content (AvgIpc) is 2.72. The normalized spacial score (nSPS) is 11.8. The summed E-state index contributed by atoms with van der Waals surface area (Å²) in [6.07, 6.45) is 5.02. The van der Waals surface area contributed by atoms with Crippen LogP contribution in [0.5, 0.6) is 0 Å². The van der Waals surface area contributed by atoms with Crippen LogP contribution in [-0.4, -0.2) is 14.5 Å². The first-order valence-electron chi connectivity index (χ1n) is 6.37. The Morgan fingerprint density at radius 2 is 2.20 bits per heavy atom. The summed E-state index contributed by atoms with van der Waals surface area (Å²) in [5.74, 6) is 6.48. The number of hydrogen-bond donors (Lipinski definition) is 0. The van der Waals surface area contributed by atoms with Crippen LogP contribution in [0.2, 0.25) is 0 Å². The van der Waals surface area contributed by atoms with Crippen LogP contribution >= 0.6 is 0 Å². The van der Waals surface area contributed by atoms with E-state index in [1.165, 1.54) is 10.9 Å². The Kier molecular flexibility index (Phi) is 3.75. The molecule has 0 aliphatic rings. The molecule has 0 radical (unpaired) electrons. The first kappa shape index (κ1) is 14.1. The van der Waals surface area contributed by atoms with E-state index in [9.17, 15) is 4.79 Å². The minimum absolute atomic E-state index is 0.0279. The van der Waals surface area contributed by atoms with Crippen molar-refractivity contribution in [1.29, 1.82) is 0 Å². The smallest absolute Gasteiger partial charge is 0.283 e. The van der Waals surface area contributed by atoms with Gasteiger partial charge in [0.1, 0.15) is 6.33 Å². The van der Waals surface area contributed by atoms with E-state index in [4.69, 9.17) is 4.42 Å². The van der Waals surface area contributed by atoms with Gasteiger partial charge in [-0.25, -0.2) is 9.97 Å². The molecule has 0 aliphatic heterocycles. The Labute approximate surface area is 117 Å². The van der Waals surface area contributed by atoms with E-state index in [0.29, 0.717) is 12.4 Å². The molecule has 0 aliphatic carbocycles. The molecule has 2 heterocycles. The molecule has 0 fully saturated rings. The van der Waals surface area contributed by atoms with Gasteiger partial charge in [-0.15, -0.1) is 0 Å². The zero-order valence-electron chi connectivity index (χ0n) is 12.1. The van der Waals surface area contributed by atoms with Crippen LogP contribution in [0.3, 0.4) is 0 Å². The van der Waals surface area contributed by atoms with Gasteiger partial charge in [-0.1, -0.05) is 17.9 Å². The lowest BCUT2D eigenvalue weighted by Gasteiger charge is -2.05. The van der Waals surface area contributed by atoms with Crippen molar-refractivity contribution in [3.8, 4) is 11.8 Å². The standard InChI is InChI=1S/C15H17N3O2/c1-11-17-12-13(20-11)16-10-18(14(12)19)9-7-5-6-8-15(2,3)4/h5,7,10H,9H2,1-4H3/b7-5+. The summed E-state index contributed by atoms with van der Waals surface area (Å²) < 4.78 is 6.68. The number of fused-ring (bicyclic) bond motifs is 1. The molecule has 20 heavy (non-hydrogen) atoms. The highest BCUT2D eigenvalue weighted by molar-refractivity contribution is 5.65. The highest BCUT2D eigenvalue weighted by Crippen LogP contribution is 2.09. The summed E-state index contributed by atoms with van der Waals surface area (Å²) in [6.45, 7) is 8.23. The maximum atomic E-state index is 12.1. The van der Waals surface area contributed by atoms with Crippen molar-refractivity contribution in [2.75, 3.05) is 0 Å². The van der Waals surface area contributed by atoms with E-state index in [0.717, 1.165) is 0 Å². The minimum Gasteiger partial charge on any atom is -0.422 e. The van der Waals surface area contributed by atoms with E-state index in [2.05, 4.69) is 21.8 Å². The van der Waals surface area contributed by atoms with E-state index in [1.54, 1.807) is 13.0 Å². The van der Waals surface area contributed by atoms with Crippen molar-refractivity contribution in [2.24, 2.45) is 5.41 Å². The summed E-state index contributed by atoms with van der Waals surface area (Å²) >= 11 is 0. The molecular formula is C15H17N3O2. The molecule has 0 spiro atoms. The van der Waals surface area contributed by atoms with Crippen LogP contribution < -0.4 is 5.56 Å². The van der Waals surface area contributed by atoms with Crippen LogP contribution in [0.1, 0.15) is 26.7 Å². The fourth-order valence-electron chi connectivity index (χ4n) is 1.57. The lowest BCUT2D eigenvalue weighted by atomic mass is 9.98. The predicted octanol–water partition coefficient (Wildman–Crippen LogP) is 2.30. The molecule has 0 atom stereocenters. The number of oxazole rings is 1. The fourth-order valence-corrected chi connectivity index (χ4v) is 1.57. The summed E-state index contributed by atoms with van der Waals surface area (Å²) in [4.78, 5) is 20.2. The van der Waals surface area contributed by atoms with Crippen LogP contribution in [0.4, 0.5) is 0 Å². The van der Waals surface area contributed by atoms with Gasteiger partial charge in [0, 0.05) is 18.9 Å². The average molecular weight is 271 g/mol. The minimum atomic E-state index is -0.208. The second-order valence-electron chi connectivity index (χ2n) is 5.51. The molecule has 0 saturated carbocycles. The molecule has 0 saturated heterocycles. The predicted molar refractivity (Wildman–Crippen MR) is 77.2 cm³/mol. The quantitative estimate of drug-likeness (QED) is 0.786. The number of aryl methyl sites for hydroxylation is 1. The van der Waals surface area contributed by atoms with Crippen molar-refractivity contribution in [2.45, 2.75) is 34.2 Å². The third kappa shape index (κ3) is 3.35. The van der Waals surface area contributed by atoms with E-state index in [1.807, 2.05) is 26.8 Å². The van der Waals surface area contributed by atoms with Gasteiger partial charge in [0.15, 0.2) is 11.4 Å². The molecular weight excluding hydrogens is 254 g/mol. The molecule has 2 rings (SSSR count). The first-order chi connectivity index (χ1) is 9.37. The van der Waals surface area contributed by atoms with Gasteiger partial charge in [-0.05, 0) is 26.8 Å². The van der Waals surface area contributed by atoms with E-state index < -0.39 is 0 Å². The Hall–Kier alpha value is -2.35. The molecule has 0 bridgehead atoms. The summed E-state index contributed by atoms with van der Waals surface area (Å²) in [5, 5.41) is 0. The molecule has 0 amide bonds. The Morgan fingerprint density at radius 3 is 2.90 bits per heavy atom. The maximum Gasteiger partial charge on any atom is 0.283 e. The Bertz CT molecular complexity index is 764. The fraction of sp³-hybridized carbons (Fsp3) is 0.400. The van der Waals surface area contributed by atoms with Gasteiger partial charge in [0.05, 0.1) is 0 Å². The van der Waals surface area contributed by atoms with Crippen molar-refractivity contribution in [3.63, 3.8) is 0 Å². The SMILES string of the molecule is Cc1nc2c(=O)n(C/C=C/C#CC(C)(C)C)cnc2o1. The van der Waals surface area contributed by atoms with Gasteiger partial charge in [0.2, 0.25) is 0 Å². The van der Waals surface area contributed by atoms with Gasteiger partial charge in [-0.3, -0.25) is 9.36 Å². The van der Waals surface area contributed by atoms with E-state index >= 15 is 0 Å². The molecule has 0 unspecified atom stereocenters. The third-order valence-electron chi connectivity index (χ3n) is 2.44. The second-order valence-corrected chi connectivity index (χ2v) is 5.51. The van der Waals surface area contributed by atoms with Crippen molar-refractivity contribution in [1.82, 2.24) is 14.5 Å². The van der Waals surface area contributed by atoms with Crippen molar-refractivity contribution < 1.29 is 4.42 Å².